The van der Waals surface area contributed by atoms with Gasteiger partial charge in [0.05, 0.1) is 31.2 Å². The van der Waals surface area contributed by atoms with Crippen molar-refractivity contribution >= 4 is 23.4 Å². The Bertz CT molecular complexity index is 1420. The Labute approximate surface area is 221 Å². The van der Waals surface area contributed by atoms with Crippen LogP contribution in [0.4, 0.5) is 18.9 Å². The second-order valence-electron chi connectivity index (χ2n) is 8.58. The van der Waals surface area contributed by atoms with Gasteiger partial charge in [0.1, 0.15) is 11.8 Å². The molecule has 11 heteroatoms. The zero-order chi connectivity index (χ0) is 28.0. The molecule has 0 fully saturated rings. The van der Waals surface area contributed by atoms with E-state index in [4.69, 9.17) is 8.83 Å². The van der Waals surface area contributed by atoms with Crippen molar-refractivity contribution in [3.8, 4) is 0 Å². The van der Waals surface area contributed by atoms with Gasteiger partial charge in [-0.05, 0) is 55.0 Å². The fourth-order valence-electron chi connectivity index (χ4n) is 3.86. The summed E-state index contributed by atoms with van der Waals surface area (Å²) in [5.41, 5.74) is 0.0358. The smallest absolute Gasteiger partial charge is 0.416 e. The topological polar surface area (TPSA) is 105 Å². The number of benzene rings is 2. The molecular formula is C28H24F3N3O5. The first-order valence-corrected chi connectivity index (χ1v) is 11.8. The standard InChI is InChI=1S/C28H24F3N3O5/c1-18-9-11-19(12-10-18)25(27(37)32-16-22-7-3-13-38-22)34(21-6-2-5-20(15-21)28(29,30)31)24(35)17-33-26(36)23-8-4-14-39-23/h2-15,25H,16-17H2,1H3,(H,32,37)(H,33,36)/t25-/m0/s1. The number of anilines is 1. The van der Waals surface area contributed by atoms with Crippen molar-refractivity contribution in [1.29, 1.82) is 0 Å². The van der Waals surface area contributed by atoms with E-state index in [0.29, 0.717) is 11.3 Å². The van der Waals surface area contributed by atoms with E-state index in [1.807, 2.05) is 6.92 Å². The lowest BCUT2D eigenvalue weighted by Crippen LogP contribution is -2.47. The maximum absolute atomic E-state index is 13.6. The number of nitrogens with one attached hydrogen (secondary N) is 2. The van der Waals surface area contributed by atoms with Crippen LogP contribution in [0.5, 0.6) is 0 Å². The Morgan fingerprint density at radius 1 is 0.897 bits per heavy atom. The Morgan fingerprint density at radius 3 is 2.26 bits per heavy atom. The van der Waals surface area contributed by atoms with Crippen LogP contribution in [0.3, 0.4) is 0 Å². The number of carbonyl (C=O) groups excluding carboxylic acids is 3. The molecule has 4 rings (SSSR count). The Morgan fingerprint density at radius 2 is 1.62 bits per heavy atom. The van der Waals surface area contributed by atoms with Crippen LogP contribution in [0, 0.1) is 6.92 Å². The van der Waals surface area contributed by atoms with E-state index < -0.39 is 42.0 Å². The molecule has 2 heterocycles. The van der Waals surface area contributed by atoms with Gasteiger partial charge < -0.3 is 19.5 Å². The SMILES string of the molecule is Cc1ccc([C@@H](C(=O)NCc2ccco2)N(C(=O)CNC(=O)c2ccco2)c2cccc(C(F)(F)F)c2)cc1. The van der Waals surface area contributed by atoms with E-state index in [1.165, 1.54) is 30.7 Å². The summed E-state index contributed by atoms with van der Waals surface area (Å²) in [6, 6.07) is 15.5. The van der Waals surface area contributed by atoms with E-state index in [1.54, 1.807) is 36.4 Å². The summed E-state index contributed by atoms with van der Waals surface area (Å²) >= 11 is 0. The molecule has 2 aromatic heterocycles. The first-order chi connectivity index (χ1) is 18.6. The largest absolute Gasteiger partial charge is 0.467 e. The second-order valence-corrected chi connectivity index (χ2v) is 8.58. The fraction of sp³-hybridized carbons (Fsp3) is 0.179. The van der Waals surface area contributed by atoms with Gasteiger partial charge in [-0.1, -0.05) is 35.9 Å². The maximum Gasteiger partial charge on any atom is 0.416 e. The highest BCUT2D eigenvalue weighted by Gasteiger charge is 2.36. The van der Waals surface area contributed by atoms with Crippen LogP contribution in [-0.4, -0.2) is 24.3 Å². The molecular weight excluding hydrogens is 515 g/mol. The molecule has 0 unspecified atom stereocenters. The van der Waals surface area contributed by atoms with E-state index in [9.17, 15) is 27.6 Å². The number of nitrogens with zero attached hydrogens (tertiary/aromatic N) is 1. The highest BCUT2D eigenvalue weighted by molar-refractivity contribution is 6.04. The molecule has 0 saturated carbocycles. The molecule has 39 heavy (non-hydrogen) atoms. The van der Waals surface area contributed by atoms with Gasteiger partial charge in [0.25, 0.3) is 5.91 Å². The lowest BCUT2D eigenvalue weighted by Gasteiger charge is -2.32. The first-order valence-electron chi connectivity index (χ1n) is 11.8. The summed E-state index contributed by atoms with van der Waals surface area (Å²) in [5.74, 6) is -1.81. The van der Waals surface area contributed by atoms with Crippen LogP contribution in [0.25, 0.3) is 0 Å². The zero-order valence-corrected chi connectivity index (χ0v) is 20.7. The first kappa shape index (κ1) is 27.2. The molecule has 1 atom stereocenters. The van der Waals surface area contributed by atoms with Crippen LogP contribution in [0.1, 0.15) is 39.0 Å². The normalized spacial score (nSPS) is 12.0. The van der Waals surface area contributed by atoms with Crippen molar-refractivity contribution in [2.24, 2.45) is 0 Å². The van der Waals surface area contributed by atoms with E-state index in [-0.39, 0.29) is 18.0 Å². The molecule has 2 aromatic carbocycles. The molecule has 4 aromatic rings. The Balaban J connectivity index is 1.73. The number of amides is 3. The lowest BCUT2D eigenvalue weighted by atomic mass is 10.0. The van der Waals surface area contributed by atoms with Gasteiger partial charge in [-0.25, -0.2) is 0 Å². The molecule has 202 valence electrons. The summed E-state index contributed by atoms with van der Waals surface area (Å²) < 4.78 is 51.0. The van der Waals surface area contributed by atoms with Gasteiger partial charge in [-0.3, -0.25) is 19.3 Å². The quantitative estimate of drug-likeness (QED) is 0.311. The number of hydrogen-bond acceptors (Lipinski definition) is 5. The number of carbonyl (C=O) groups is 3. The van der Waals surface area contributed by atoms with Crippen molar-refractivity contribution < 1.29 is 36.4 Å². The minimum atomic E-state index is -4.70. The van der Waals surface area contributed by atoms with Gasteiger partial charge in [-0.2, -0.15) is 13.2 Å². The van der Waals surface area contributed by atoms with Gasteiger partial charge in [-0.15, -0.1) is 0 Å². The third kappa shape index (κ3) is 6.75. The number of halogens is 3. The number of aryl methyl sites for hydroxylation is 1. The zero-order valence-electron chi connectivity index (χ0n) is 20.7. The molecule has 2 N–H and O–H groups in total. The molecule has 0 aliphatic heterocycles. The third-order valence-corrected chi connectivity index (χ3v) is 5.78. The van der Waals surface area contributed by atoms with Crippen LogP contribution in [0.2, 0.25) is 0 Å². The van der Waals surface area contributed by atoms with Gasteiger partial charge in [0, 0.05) is 5.69 Å². The summed E-state index contributed by atoms with van der Waals surface area (Å²) in [6.07, 6.45) is -1.99. The summed E-state index contributed by atoms with van der Waals surface area (Å²) in [5, 5.41) is 5.08. The van der Waals surface area contributed by atoms with Crippen LogP contribution in [-0.2, 0) is 22.3 Å². The third-order valence-electron chi connectivity index (χ3n) is 5.78. The van der Waals surface area contributed by atoms with Crippen LogP contribution >= 0.6 is 0 Å². The average Bonchev–Trinajstić information content (AvgIpc) is 3.64. The molecule has 0 saturated heterocycles. The molecule has 0 radical (unpaired) electrons. The van der Waals surface area contributed by atoms with E-state index in [0.717, 1.165) is 28.7 Å². The molecule has 0 spiro atoms. The van der Waals surface area contributed by atoms with Crippen molar-refractivity contribution in [1.82, 2.24) is 10.6 Å². The minimum absolute atomic E-state index is 0.0198. The lowest BCUT2D eigenvalue weighted by molar-refractivity contribution is -0.137. The second kappa shape index (κ2) is 11.7. The van der Waals surface area contributed by atoms with Gasteiger partial charge in [0.15, 0.2) is 5.76 Å². The molecule has 0 aliphatic carbocycles. The number of furan rings is 2. The highest BCUT2D eigenvalue weighted by Crippen LogP contribution is 2.34. The molecule has 8 nitrogen and oxygen atoms in total. The van der Waals surface area contributed by atoms with Crippen molar-refractivity contribution in [3.63, 3.8) is 0 Å². The van der Waals surface area contributed by atoms with Crippen molar-refractivity contribution in [3.05, 3.63) is 114 Å². The summed E-state index contributed by atoms with van der Waals surface area (Å²) in [7, 11) is 0. The Hall–Kier alpha value is -4.80. The minimum Gasteiger partial charge on any atom is -0.467 e. The molecule has 0 bridgehead atoms. The van der Waals surface area contributed by atoms with Gasteiger partial charge in [0.2, 0.25) is 11.8 Å². The molecule has 3 amide bonds. The van der Waals surface area contributed by atoms with Crippen molar-refractivity contribution in [2.75, 3.05) is 11.4 Å². The van der Waals surface area contributed by atoms with Crippen molar-refractivity contribution in [2.45, 2.75) is 25.7 Å². The predicted molar refractivity (Wildman–Crippen MR) is 134 cm³/mol. The fourth-order valence-corrected chi connectivity index (χ4v) is 3.86. The van der Waals surface area contributed by atoms with Crippen LogP contribution in [0.15, 0.2) is 94.2 Å². The van der Waals surface area contributed by atoms with Gasteiger partial charge >= 0.3 is 6.18 Å². The van der Waals surface area contributed by atoms with Crippen LogP contribution < -0.4 is 15.5 Å². The number of rotatable bonds is 9. The van der Waals surface area contributed by atoms with E-state index in [2.05, 4.69) is 10.6 Å². The highest BCUT2D eigenvalue weighted by atomic mass is 19.4. The Kier molecular flexibility index (Phi) is 8.18. The summed E-state index contributed by atoms with van der Waals surface area (Å²) in [6.45, 7) is 1.19. The number of alkyl halides is 3. The monoisotopic (exact) mass is 539 g/mol. The summed E-state index contributed by atoms with van der Waals surface area (Å²) in [4.78, 5) is 40.5. The maximum atomic E-state index is 13.6. The number of hydrogen-bond donors (Lipinski definition) is 2. The predicted octanol–water partition coefficient (Wildman–Crippen LogP) is 5.02. The average molecular weight is 540 g/mol. The molecule has 0 aliphatic rings. The van der Waals surface area contributed by atoms with E-state index >= 15 is 0 Å².